The van der Waals surface area contributed by atoms with Crippen LogP contribution in [0.4, 0.5) is 0 Å². The molecule has 2 aliphatic rings. The molecule has 0 bridgehead atoms. The molecule has 1 saturated heterocycles. The van der Waals surface area contributed by atoms with Crippen LogP contribution in [0.3, 0.4) is 0 Å². The quantitative estimate of drug-likeness (QED) is 0.687. The molecule has 8 nitrogen and oxygen atoms in total. The highest BCUT2D eigenvalue weighted by molar-refractivity contribution is 7.97. The molecule has 0 aromatic carbocycles. The summed E-state index contributed by atoms with van der Waals surface area (Å²) in [7, 11) is -3.39. The predicted molar refractivity (Wildman–Crippen MR) is 103 cm³/mol. The molecule has 2 aromatic rings. The molecular weight excluding hydrogens is 386 g/mol. The van der Waals surface area contributed by atoms with E-state index in [1.807, 2.05) is 0 Å². The second kappa shape index (κ2) is 7.96. The number of aromatic nitrogens is 3. The minimum atomic E-state index is -3.39. The third kappa shape index (κ3) is 3.95. The van der Waals surface area contributed by atoms with Crippen LogP contribution in [0.15, 0.2) is 26.5 Å². The van der Waals surface area contributed by atoms with Crippen molar-refractivity contribution in [1.82, 2.24) is 23.6 Å². The van der Waals surface area contributed by atoms with Crippen LogP contribution in [-0.4, -0.2) is 60.8 Å². The number of thiophene rings is 1. The van der Waals surface area contributed by atoms with Crippen molar-refractivity contribution >= 4 is 21.7 Å². The minimum Gasteiger partial charge on any atom is -0.592 e. The van der Waals surface area contributed by atoms with Crippen molar-refractivity contribution in [1.29, 1.82) is 0 Å². The minimum absolute atomic E-state index is 0.0126. The molecule has 0 N–H and O–H groups in total. The topological polar surface area (TPSA) is 86.4 Å². The molecule has 2 aromatic heterocycles. The number of fused-ring (bicyclic) bond motifs is 1. The largest absolute Gasteiger partial charge is 0.592 e. The second-order valence-corrected chi connectivity index (χ2v) is 10.2. The highest BCUT2D eigenvalue weighted by atomic mass is 32.3. The van der Waals surface area contributed by atoms with Gasteiger partial charge in [0.25, 0.3) is 0 Å². The Balaban J connectivity index is 1.36. The maximum Gasteiger partial charge on any atom is 0.345 e. The van der Waals surface area contributed by atoms with E-state index >= 15 is 0 Å². The van der Waals surface area contributed by atoms with Crippen LogP contribution in [-0.2, 0) is 34.1 Å². The summed E-state index contributed by atoms with van der Waals surface area (Å²) >= 11 is 1.26. The van der Waals surface area contributed by atoms with E-state index in [9.17, 15) is 13.6 Å². The smallest absolute Gasteiger partial charge is 0.345 e. The fourth-order valence-electron chi connectivity index (χ4n) is 3.78. The zero-order chi connectivity index (χ0) is 18.9. The summed E-state index contributed by atoms with van der Waals surface area (Å²) in [5, 5.41) is 6.27. The molecular formula is C17H25N5O3S2. The standard InChI is InChI=1S/C17H25N5O3S2/c23-17-21-9-2-1-5-15(21)18-22(17)13-11-19-7-4-8-20(12-10-19)27(24,25)16-6-3-14-26-16/h3,6,14H,1-2,4-5,7-13H2. The molecule has 0 radical (unpaired) electrons. The van der Waals surface area contributed by atoms with Crippen molar-refractivity contribution in [3.05, 3.63) is 33.8 Å². The fourth-order valence-corrected chi connectivity index (χ4v) is 6.39. The average Bonchev–Trinajstić information content (AvgIpc) is 3.24. The van der Waals surface area contributed by atoms with Gasteiger partial charge in [-0.05, 0) is 37.3 Å². The van der Waals surface area contributed by atoms with Crippen molar-refractivity contribution in [3.8, 4) is 0 Å². The highest BCUT2D eigenvalue weighted by Gasteiger charge is 2.32. The second-order valence-electron chi connectivity index (χ2n) is 7.06. The molecule has 4 heterocycles. The normalized spacial score (nSPS) is 21.5. The van der Waals surface area contributed by atoms with Crippen molar-refractivity contribution in [2.75, 3.05) is 32.7 Å². The van der Waals surface area contributed by atoms with Gasteiger partial charge < -0.3 is 4.55 Å². The number of nitrogens with zero attached hydrogens (tertiary/aromatic N) is 5. The summed E-state index contributed by atoms with van der Waals surface area (Å²) in [4.78, 5) is 14.7. The van der Waals surface area contributed by atoms with Gasteiger partial charge in [0.05, 0.1) is 13.1 Å². The van der Waals surface area contributed by atoms with Gasteiger partial charge in [-0.15, -0.1) is 4.31 Å². The van der Waals surface area contributed by atoms with E-state index in [4.69, 9.17) is 0 Å². The van der Waals surface area contributed by atoms with Gasteiger partial charge in [0.15, 0.2) is 10.4 Å². The Labute approximate surface area is 163 Å². The lowest BCUT2D eigenvalue weighted by Gasteiger charge is -2.25. The Kier molecular flexibility index (Phi) is 5.60. The summed E-state index contributed by atoms with van der Waals surface area (Å²) < 4.78 is 30.8. The van der Waals surface area contributed by atoms with E-state index in [2.05, 4.69) is 10.00 Å². The zero-order valence-corrected chi connectivity index (χ0v) is 16.9. The summed E-state index contributed by atoms with van der Waals surface area (Å²) in [6.45, 7) is 4.56. The predicted octanol–water partition coefficient (Wildman–Crippen LogP) is 1.05. The first kappa shape index (κ1) is 19.0. The molecule has 1 unspecified atom stereocenters. The van der Waals surface area contributed by atoms with Gasteiger partial charge in [-0.2, -0.15) is 5.10 Å². The Hall–Kier alpha value is -1.33. The monoisotopic (exact) mass is 411 g/mol. The lowest BCUT2D eigenvalue weighted by Crippen LogP contribution is -2.39. The van der Waals surface area contributed by atoms with Crippen LogP contribution >= 0.6 is 11.3 Å². The zero-order valence-electron chi connectivity index (χ0n) is 15.3. The van der Waals surface area contributed by atoms with Crippen molar-refractivity contribution < 1.29 is 8.76 Å². The number of rotatable bonds is 5. The molecule has 27 heavy (non-hydrogen) atoms. The van der Waals surface area contributed by atoms with E-state index < -0.39 is 10.4 Å². The number of sulfonamides is 1. The molecule has 0 amide bonds. The highest BCUT2D eigenvalue weighted by Crippen LogP contribution is 2.26. The van der Waals surface area contributed by atoms with E-state index in [1.54, 1.807) is 31.1 Å². The fraction of sp³-hybridized carbons (Fsp3) is 0.647. The summed E-state index contributed by atoms with van der Waals surface area (Å²) in [6.07, 6.45) is 3.80. The van der Waals surface area contributed by atoms with Crippen molar-refractivity contribution in [2.24, 2.45) is 0 Å². The van der Waals surface area contributed by atoms with Crippen LogP contribution in [0, 0.1) is 0 Å². The summed E-state index contributed by atoms with van der Waals surface area (Å²) in [5.74, 6) is 0.898. The molecule has 10 heteroatoms. The number of hydrogen-bond donors (Lipinski definition) is 0. The number of hydrogen-bond acceptors (Lipinski definition) is 6. The Morgan fingerprint density at radius 3 is 2.78 bits per heavy atom. The van der Waals surface area contributed by atoms with Crippen molar-refractivity contribution in [2.45, 2.75) is 43.0 Å². The molecule has 148 valence electrons. The van der Waals surface area contributed by atoms with Crippen molar-refractivity contribution in [3.63, 3.8) is 0 Å². The molecule has 4 rings (SSSR count). The van der Waals surface area contributed by atoms with Crippen LogP contribution in [0.5, 0.6) is 0 Å². The van der Waals surface area contributed by atoms with E-state index in [-0.39, 0.29) is 5.69 Å². The van der Waals surface area contributed by atoms with Gasteiger partial charge in [0.1, 0.15) is 5.82 Å². The SMILES string of the molecule is O=c1n(CCN2CCCN([S+](=O)([O-])c3cccs3)CC2)nc2n1CCCC2. The molecule has 1 atom stereocenters. The number of aryl methyl sites for hydroxylation is 1. The molecule has 0 spiro atoms. The summed E-state index contributed by atoms with van der Waals surface area (Å²) in [5.41, 5.74) is -0.0126. The van der Waals surface area contributed by atoms with Gasteiger partial charge in [-0.1, -0.05) is 15.5 Å². The molecule has 2 aliphatic heterocycles. The first-order chi connectivity index (χ1) is 13.1. The van der Waals surface area contributed by atoms with Gasteiger partial charge in [-0.25, -0.2) is 9.48 Å². The van der Waals surface area contributed by atoms with Gasteiger partial charge in [0, 0.05) is 38.7 Å². The molecule has 0 aliphatic carbocycles. The Bertz CT molecular complexity index is 876. The lowest BCUT2D eigenvalue weighted by molar-refractivity contribution is 0.266. The first-order valence-electron chi connectivity index (χ1n) is 9.48. The first-order valence-corrected chi connectivity index (χ1v) is 11.8. The lowest BCUT2D eigenvalue weighted by atomic mass is 10.2. The van der Waals surface area contributed by atoms with Crippen LogP contribution in [0.2, 0.25) is 0 Å². The molecule has 1 fully saturated rings. The third-order valence-corrected chi connectivity index (χ3v) is 8.57. The average molecular weight is 412 g/mol. The van der Waals surface area contributed by atoms with E-state index in [0.717, 1.165) is 44.6 Å². The Morgan fingerprint density at radius 1 is 1.11 bits per heavy atom. The van der Waals surface area contributed by atoms with E-state index in [1.165, 1.54) is 11.3 Å². The van der Waals surface area contributed by atoms with Gasteiger partial charge >= 0.3 is 5.69 Å². The van der Waals surface area contributed by atoms with Gasteiger partial charge in [0.2, 0.25) is 4.21 Å². The van der Waals surface area contributed by atoms with Gasteiger partial charge in [-0.3, -0.25) is 9.47 Å². The van der Waals surface area contributed by atoms with Crippen LogP contribution < -0.4 is 5.69 Å². The Morgan fingerprint density at radius 2 is 2.00 bits per heavy atom. The maximum absolute atomic E-state index is 12.7. The summed E-state index contributed by atoms with van der Waals surface area (Å²) in [6, 6.07) is 3.43. The molecule has 0 saturated carbocycles. The van der Waals surface area contributed by atoms with Crippen LogP contribution in [0.25, 0.3) is 0 Å². The maximum atomic E-state index is 12.7. The van der Waals surface area contributed by atoms with E-state index in [0.29, 0.717) is 36.9 Å². The third-order valence-electron chi connectivity index (χ3n) is 5.30. The van der Waals surface area contributed by atoms with Crippen LogP contribution in [0.1, 0.15) is 25.1 Å².